The number of nitrogens with zero attached hydrogens (tertiary/aromatic N) is 2. The lowest BCUT2D eigenvalue weighted by atomic mass is 10.1. The largest absolute Gasteiger partial charge is 0.289 e. The molecule has 5 nitrogen and oxygen atoms in total. The van der Waals surface area contributed by atoms with Crippen LogP contribution in [0.15, 0.2) is 65.8 Å². The van der Waals surface area contributed by atoms with Crippen molar-refractivity contribution in [3.63, 3.8) is 0 Å². The monoisotopic (exact) mass is 322 g/mol. The molecule has 6 heteroatoms. The minimum Gasteiger partial charge on any atom is -0.272 e. The van der Waals surface area contributed by atoms with E-state index in [-0.39, 0.29) is 11.5 Å². The number of hydrogen-bond donors (Lipinski definition) is 2. The molecule has 0 saturated carbocycles. The van der Waals surface area contributed by atoms with E-state index in [4.69, 9.17) is 0 Å². The van der Waals surface area contributed by atoms with Crippen molar-refractivity contribution in [2.45, 2.75) is 6.92 Å². The molecular weight excluding hydrogens is 307 g/mol. The summed E-state index contributed by atoms with van der Waals surface area (Å²) < 4.78 is 12.9. The molecule has 3 aromatic rings. The van der Waals surface area contributed by atoms with Crippen LogP contribution in [-0.4, -0.2) is 21.8 Å². The molecule has 0 atom stereocenters. The summed E-state index contributed by atoms with van der Waals surface area (Å²) >= 11 is 0. The molecule has 0 fully saturated rings. The minimum absolute atomic E-state index is 0.277. The summed E-state index contributed by atoms with van der Waals surface area (Å²) in [5.41, 5.74) is 5.66. The number of nitrogens with one attached hydrogen (secondary N) is 2. The van der Waals surface area contributed by atoms with Gasteiger partial charge in [-0.15, -0.1) is 0 Å². The van der Waals surface area contributed by atoms with Gasteiger partial charge in [0.15, 0.2) is 0 Å². The number of benzene rings is 2. The Morgan fingerprint density at radius 3 is 2.54 bits per heavy atom. The number of rotatable bonds is 4. The Morgan fingerprint density at radius 2 is 1.83 bits per heavy atom. The van der Waals surface area contributed by atoms with Gasteiger partial charge < -0.3 is 0 Å². The lowest BCUT2D eigenvalue weighted by Crippen LogP contribution is -2.19. The Labute approximate surface area is 138 Å². The second-order valence-electron chi connectivity index (χ2n) is 5.18. The first-order chi connectivity index (χ1) is 11.6. The lowest BCUT2D eigenvalue weighted by Gasteiger charge is -2.01. The summed E-state index contributed by atoms with van der Waals surface area (Å²) in [4.78, 5) is 12.1. The number of H-pyrrole nitrogens is 1. The van der Waals surface area contributed by atoms with E-state index in [0.717, 1.165) is 11.1 Å². The predicted octanol–water partition coefficient (Wildman–Crippen LogP) is 3.37. The number of amides is 1. The summed E-state index contributed by atoms with van der Waals surface area (Å²) in [6, 6.07) is 17.0. The number of carbonyl (C=O) groups is 1. The van der Waals surface area contributed by atoms with Gasteiger partial charge in [-0.3, -0.25) is 9.89 Å². The van der Waals surface area contributed by atoms with E-state index in [1.165, 1.54) is 12.1 Å². The highest BCUT2D eigenvalue weighted by atomic mass is 19.1. The van der Waals surface area contributed by atoms with Gasteiger partial charge in [-0.2, -0.15) is 10.2 Å². The van der Waals surface area contributed by atoms with Crippen LogP contribution in [0, 0.1) is 5.82 Å². The average molecular weight is 322 g/mol. The number of halogens is 1. The van der Waals surface area contributed by atoms with Crippen molar-refractivity contribution in [1.29, 1.82) is 0 Å². The SMILES string of the molecule is C/C(=N/NC(=O)c1cc(-c2ccc(F)cc2)n[nH]1)c1ccccc1. The van der Waals surface area contributed by atoms with E-state index in [1.807, 2.05) is 37.3 Å². The fourth-order valence-electron chi connectivity index (χ4n) is 2.15. The third kappa shape index (κ3) is 3.55. The third-order valence-electron chi connectivity index (χ3n) is 3.48. The van der Waals surface area contributed by atoms with Gasteiger partial charge in [-0.25, -0.2) is 9.82 Å². The van der Waals surface area contributed by atoms with Gasteiger partial charge >= 0.3 is 0 Å². The van der Waals surface area contributed by atoms with Crippen molar-refractivity contribution in [1.82, 2.24) is 15.6 Å². The zero-order chi connectivity index (χ0) is 16.9. The van der Waals surface area contributed by atoms with E-state index >= 15 is 0 Å². The van der Waals surface area contributed by atoms with Crippen molar-refractivity contribution in [3.05, 3.63) is 77.7 Å². The van der Waals surface area contributed by atoms with Gasteiger partial charge in [0.05, 0.1) is 11.4 Å². The third-order valence-corrected chi connectivity index (χ3v) is 3.48. The van der Waals surface area contributed by atoms with Crippen molar-refractivity contribution in [3.8, 4) is 11.3 Å². The van der Waals surface area contributed by atoms with Gasteiger partial charge in [0.1, 0.15) is 11.5 Å². The van der Waals surface area contributed by atoms with E-state index in [0.29, 0.717) is 11.4 Å². The molecule has 0 unspecified atom stereocenters. The Kier molecular flexibility index (Phi) is 4.47. The van der Waals surface area contributed by atoms with Gasteiger partial charge in [0, 0.05) is 5.56 Å². The highest BCUT2D eigenvalue weighted by Crippen LogP contribution is 2.17. The summed E-state index contributed by atoms with van der Waals surface area (Å²) in [5.74, 6) is -0.718. The lowest BCUT2D eigenvalue weighted by molar-refractivity contribution is 0.0950. The molecule has 120 valence electrons. The van der Waals surface area contributed by atoms with E-state index in [9.17, 15) is 9.18 Å². The van der Waals surface area contributed by atoms with Gasteiger partial charge in [-0.05, 0) is 42.8 Å². The van der Waals surface area contributed by atoms with Gasteiger partial charge in [0.25, 0.3) is 5.91 Å². The fourth-order valence-corrected chi connectivity index (χ4v) is 2.15. The van der Waals surface area contributed by atoms with Crippen LogP contribution in [0.25, 0.3) is 11.3 Å². The first kappa shape index (κ1) is 15.6. The molecule has 0 aliphatic carbocycles. The number of hydrazone groups is 1. The molecule has 0 spiro atoms. The van der Waals surface area contributed by atoms with E-state index in [1.54, 1.807) is 18.2 Å². The van der Waals surface area contributed by atoms with Crippen molar-refractivity contribution in [2.75, 3.05) is 0 Å². The number of aromatic nitrogens is 2. The Morgan fingerprint density at radius 1 is 1.12 bits per heavy atom. The summed E-state index contributed by atoms with van der Waals surface area (Å²) in [6.07, 6.45) is 0. The normalized spacial score (nSPS) is 11.3. The maximum atomic E-state index is 12.9. The second kappa shape index (κ2) is 6.87. The maximum absolute atomic E-state index is 12.9. The number of hydrogen-bond acceptors (Lipinski definition) is 3. The van der Waals surface area contributed by atoms with Crippen LogP contribution in [0.1, 0.15) is 23.0 Å². The Bertz CT molecular complexity index is 870. The van der Waals surface area contributed by atoms with Crippen LogP contribution in [0.4, 0.5) is 4.39 Å². The molecule has 2 aromatic carbocycles. The molecule has 1 amide bonds. The Balaban J connectivity index is 1.71. The molecular formula is C18H15FN4O. The van der Waals surface area contributed by atoms with Crippen molar-refractivity contribution < 1.29 is 9.18 Å². The van der Waals surface area contributed by atoms with Gasteiger partial charge in [0.2, 0.25) is 0 Å². The molecule has 0 radical (unpaired) electrons. The number of aromatic amines is 1. The standard InChI is InChI=1S/C18H15FN4O/c1-12(13-5-3-2-4-6-13)20-23-18(24)17-11-16(21-22-17)14-7-9-15(19)10-8-14/h2-11H,1H3,(H,21,22)(H,23,24)/b20-12-. The quantitative estimate of drug-likeness (QED) is 0.571. The van der Waals surface area contributed by atoms with Crippen molar-refractivity contribution >= 4 is 11.6 Å². The average Bonchev–Trinajstić information content (AvgIpc) is 3.11. The molecule has 2 N–H and O–H groups in total. The van der Waals surface area contributed by atoms with Crippen LogP contribution in [0.5, 0.6) is 0 Å². The first-order valence-electron chi connectivity index (χ1n) is 7.35. The Hall–Kier alpha value is -3.28. The number of carbonyl (C=O) groups excluding carboxylic acids is 1. The summed E-state index contributed by atoms with van der Waals surface area (Å²) in [5, 5.41) is 10.8. The zero-order valence-corrected chi connectivity index (χ0v) is 13.0. The summed E-state index contributed by atoms with van der Waals surface area (Å²) in [6.45, 7) is 1.81. The molecule has 1 aromatic heterocycles. The maximum Gasteiger partial charge on any atom is 0.289 e. The van der Waals surface area contributed by atoms with Crippen LogP contribution in [-0.2, 0) is 0 Å². The van der Waals surface area contributed by atoms with Crippen LogP contribution < -0.4 is 5.43 Å². The topological polar surface area (TPSA) is 70.1 Å². The molecule has 0 saturated heterocycles. The molecule has 0 aliphatic rings. The summed E-state index contributed by atoms with van der Waals surface area (Å²) in [7, 11) is 0. The minimum atomic E-state index is -0.397. The first-order valence-corrected chi connectivity index (χ1v) is 7.35. The molecule has 0 bridgehead atoms. The highest BCUT2D eigenvalue weighted by molar-refractivity contribution is 6.00. The highest BCUT2D eigenvalue weighted by Gasteiger charge is 2.11. The smallest absolute Gasteiger partial charge is 0.272 e. The van der Waals surface area contributed by atoms with Crippen molar-refractivity contribution in [2.24, 2.45) is 5.10 Å². The molecule has 24 heavy (non-hydrogen) atoms. The van der Waals surface area contributed by atoms with Crippen LogP contribution >= 0.6 is 0 Å². The molecule has 0 aliphatic heterocycles. The van der Waals surface area contributed by atoms with Crippen LogP contribution in [0.3, 0.4) is 0 Å². The molecule has 3 rings (SSSR count). The fraction of sp³-hybridized carbons (Fsp3) is 0.0556. The zero-order valence-electron chi connectivity index (χ0n) is 13.0. The van der Waals surface area contributed by atoms with Crippen LogP contribution in [0.2, 0.25) is 0 Å². The second-order valence-corrected chi connectivity index (χ2v) is 5.18. The van der Waals surface area contributed by atoms with E-state index in [2.05, 4.69) is 20.7 Å². The molecule has 1 heterocycles. The van der Waals surface area contributed by atoms with Gasteiger partial charge in [-0.1, -0.05) is 30.3 Å². The predicted molar refractivity (Wildman–Crippen MR) is 90.1 cm³/mol. The van der Waals surface area contributed by atoms with E-state index < -0.39 is 5.91 Å².